The molecule has 8 nitrogen and oxygen atoms in total. The molecule has 0 bridgehead atoms. The molecule has 1 aliphatic carbocycles. The van der Waals surface area contributed by atoms with Gasteiger partial charge in [0.05, 0.1) is 17.0 Å². The third-order valence-electron chi connectivity index (χ3n) is 6.29. The number of H-pyrrole nitrogens is 1. The number of aromatic nitrogens is 2. The fourth-order valence-electron chi connectivity index (χ4n) is 4.21. The molecule has 0 spiro atoms. The number of para-hydroxylation sites is 1. The fourth-order valence-corrected chi connectivity index (χ4v) is 4.40. The summed E-state index contributed by atoms with van der Waals surface area (Å²) in [6, 6.07) is 11.3. The minimum absolute atomic E-state index is 0.0218. The van der Waals surface area contributed by atoms with E-state index in [0.717, 1.165) is 12.8 Å². The number of imidazole rings is 1. The minimum atomic E-state index is -0.702. The smallest absolute Gasteiger partial charge is 0.362 e. The number of anilines is 1. The van der Waals surface area contributed by atoms with Crippen molar-refractivity contribution in [2.45, 2.75) is 32.6 Å². The number of benzene rings is 2. The Bertz CT molecular complexity index is 1260. The first-order valence-corrected chi connectivity index (χ1v) is 12.0. The zero-order chi connectivity index (χ0) is 25.7. The third-order valence-corrected chi connectivity index (χ3v) is 6.60. The van der Waals surface area contributed by atoms with Gasteiger partial charge in [0, 0.05) is 12.5 Å². The molecule has 0 aliphatic heterocycles. The Morgan fingerprint density at radius 1 is 1.14 bits per heavy atom. The van der Waals surface area contributed by atoms with Gasteiger partial charge in [0.25, 0.3) is 5.91 Å². The van der Waals surface area contributed by atoms with E-state index in [4.69, 9.17) is 16.3 Å². The van der Waals surface area contributed by atoms with E-state index in [1.807, 2.05) is 0 Å². The van der Waals surface area contributed by atoms with Gasteiger partial charge in [0.15, 0.2) is 11.4 Å². The molecule has 0 saturated heterocycles. The van der Waals surface area contributed by atoms with Crippen LogP contribution in [0.5, 0.6) is 5.75 Å². The summed E-state index contributed by atoms with van der Waals surface area (Å²) in [6.45, 7) is 2.01. The van der Waals surface area contributed by atoms with E-state index in [1.165, 1.54) is 18.5 Å². The number of esters is 1. The van der Waals surface area contributed by atoms with Gasteiger partial charge in [-0.05, 0) is 68.4 Å². The van der Waals surface area contributed by atoms with Crippen LogP contribution in [0.15, 0.2) is 48.8 Å². The van der Waals surface area contributed by atoms with Crippen molar-refractivity contribution in [2.24, 2.45) is 11.8 Å². The Balaban J connectivity index is 1.26. The van der Waals surface area contributed by atoms with Gasteiger partial charge >= 0.3 is 5.97 Å². The number of carbonyl (C=O) groups excluding carboxylic acids is 3. The SMILES string of the molecule is Cc1cc(NC(=O)C2CCC(CNC(=O)c3nc[nH]c3C(=O)Oc3ccccc3)CC2)c(Cl)cc1F. The number of nitrogens with zero attached hydrogens (tertiary/aromatic N) is 1. The van der Waals surface area contributed by atoms with Crippen molar-refractivity contribution in [2.75, 3.05) is 11.9 Å². The van der Waals surface area contributed by atoms with Crippen molar-refractivity contribution < 1.29 is 23.5 Å². The minimum Gasteiger partial charge on any atom is -0.422 e. The number of amides is 2. The monoisotopic (exact) mass is 512 g/mol. The Morgan fingerprint density at radius 2 is 1.86 bits per heavy atom. The maximum atomic E-state index is 13.6. The van der Waals surface area contributed by atoms with Gasteiger partial charge in [-0.15, -0.1) is 0 Å². The summed E-state index contributed by atoms with van der Waals surface area (Å²) in [4.78, 5) is 44.5. The number of halogens is 2. The van der Waals surface area contributed by atoms with Crippen LogP contribution in [0.1, 0.15) is 52.2 Å². The van der Waals surface area contributed by atoms with Gasteiger partial charge in [0.1, 0.15) is 11.6 Å². The van der Waals surface area contributed by atoms with Crippen molar-refractivity contribution in [3.8, 4) is 5.75 Å². The Morgan fingerprint density at radius 3 is 2.58 bits per heavy atom. The molecule has 0 radical (unpaired) electrons. The standard InChI is InChI=1S/C26H26ClFN4O4/c1-15-11-21(19(27)12-20(15)28)32-24(33)17-9-7-16(8-10-17)13-29-25(34)22-23(31-14-30-22)26(35)36-18-5-3-2-4-6-18/h2-6,11-12,14,16-17H,7-10,13H2,1H3,(H,29,34)(H,30,31)(H,32,33). The number of hydrogen-bond acceptors (Lipinski definition) is 5. The van der Waals surface area contributed by atoms with Crippen LogP contribution in [0.4, 0.5) is 10.1 Å². The lowest BCUT2D eigenvalue weighted by molar-refractivity contribution is -0.121. The number of nitrogens with one attached hydrogen (secondary N) is 3. The second kappa shape index (κ2) is 11.3. The maximum Gasteiger partial charge on any atom is 0.362 e. The molecule has 0 atom stereocenters. The summed E-state index contributed by atoms with van der Waals surface area (Å²) in [5.41, 5.74) is 0.750. The number of aryl methyl sites for hydroxylation is 1. The van der Waals surface area contributed by atoms with Crippen LogP contribution in [0.3, 0.4) is 0 Å². The number of ether oxygens (including phenoxy) is 1. The predicted molar refractivity (Wildman–Crippen MR) is 133 cm³/mol. The van der Waals surface area contributed by atoms with Gasteiger partial charge in [0.2, 0.25) is 5.91 Å². The molecule has 0 unspecified atom stereocenters. The van der Waals surface area contributed by atoms with Crippen LogP contribution in [0.25, 0.3) is 0 Å². The van der Waals surface area contributed by atoms with Crippen molar-refractivity contribution in [1.29, 1.82) is 0 Å². The first-order chi connectivity index (χ1) is 17.3. The van der Waals surface area contributed by atoms with Gasteiger partial charge < -0.3 is 20.4 Å². The van der Waals surface area contributed by atoms with Crippen molar-refractivity contribution in [3.05, 3.63) is 76.6 Å². The molecule has 188 valence electrons. The Hall–Kier alpha value is -3.72. The lowest BCUT2D eigenvalue weighted by atomic mass is 9.81. The zero-order valence-electron chi connectivity index (χ0n) is 19.6. The molecule has 2 aromatic carbocycles. The number of hydrogen-bond donors (Lipinski definition) is 3. The lowest BCUT2D eigenvalue weighted by Gasteiger charge is -2.28. The molecule has 1 heterocycles. The van der Waals surface area contributed by atoms with Crippen molar-refractivity contribution in [3.63, 3.8) is 0 Å². The highest BCUT2D eigenvalue weighted by Gasteiger charge is 2.28. The summed E-state index contributed by atoms with van der Waals surface area (Å²) in [5.74, 6) is -1.39. The average molecular weight is 513 g/mol. The van der Waals surface area contributed by atoms with Crippen LogP contribution in [-0.2, 0) is 4.79 Å². The molecule has 1 aliphatic rings. The summed E-state index contributed by atoms with van der Waals surface area (Å²) < 4.78 is 18.9. The summed E-state index contributed by atoms with van der Waals surface area (Å²) in [6.07, 6.45) is 4.08. The van der Waals surface area contributed by atoms with E-state index in [-0.39, 0.29) is 34.2 Å². The summed E-state index contributed by atoms with van der Waals surface area (Å²) in [5, 5.41) is 5.80. The molecule has 10 heteroatoms. The average Bonchev–Trinajstić information content (AvgIpc) is 3.37. The maximum absolute atomic E-state index is 13.6. The van der Waals surface area contributed by atoms with E-state index < -0.39 is 17.7 Å². The quantitative estimate of drug-likeness (QED) is 0.307. The molecule has 1 fully saturated rings. The first kappa shape index (κ1) is 25.4. The van der Waals surface area contributed by atoms with Crippen molar-refractivity contribution >= 4 is 35.1 Å². The highest BCUT2D eigenvalue weighted by Crippen LogP contribution is 2.31. The van der Waals surface area contributed by atoms with Crippen molar-refractivity contribution in [1.82, 2.24) is 15.3 Å². The molecular formula is C26H26ClFN4O4. The van der Waals surface area contributed by atoms with Crippen LogP contribution >= 0.6 is 11.6 Å². The number of aromatic amines is 1. The largest absolute Gasteiger partial charge is 0.422 e. The molecule has 3 N–H and O–H groups in total. The molecule has 1 saturated carbocycles. The van der Waals surface area contributed by atoms with E-state index in [9.17, 15) is 18.8 Å². The van der Waals surface area contributed by atoms with Gasteiger partial charge in [-0.25, -0.2) is 14.2 Å². The Labute approximate surface area is 212 Å². The highest BCUT2D eigenvalue weighted by atomic mass is 35.5. The van der Waals surface area contributed by atoms with Gasteiger partial charge in [-0.1, -0.05) is 29.8 Å². The molecule has 2 amide bonds. The van der Waals surface area contributed by atoms with Gasteiger partial charge in [-0.3, -0.25) is 9.59 Å². The fraction of sp³-hybridized carbons (Fsp3) is 0.308. The van der Waals surface area contributed by atoms with Crippen LogP contribution in [-0.4, -0.2) is 34.3 Å². The predicted octanol–water partition coefficient (Wildman–Crippen LogP) is 4.90. The van der Waals surface area contributed by atoms with Crippen LogP contribution in [0, 0.1) is 24.6 Å². The second-order valence-electron chi connectivity index (χ2n) is 8.83. The topological polar surface area (TPSA) is 113 Å². The van der Waals surface area contributed by atoms with E-state index in [2.05, 4.69) is 20.6 Å². The van der Waals surface area contributed by atoms with E-state index in [0.29, 0.717) is 36.4 Å². The molecular weight excluding hydrogens is 487 g/mol. The lowest BCUT2D eigenvalue weighted by Crippen LogP contribution is -2.34. The number of rotatable bonds is 7. The van der Waals surface area contributed by atoms with Crippen LogP contribution in [0.2, 0.25) is 5.02 Å². The molecule has 3 aromatic rings. The van der Waals surface area contributed by atoms with Gasteiger partial charge in [-0.2, -0.15) is 0 Å². The molecule has 36 heavy (non-hydrogen) atoms. The molecule has 1 aromatic heterocycles. The normalized spacial score (nSPS) is 17.3. The van der Waals surface area contributed by atoms with E-state index >= 15 is 0 Å². The zero-order valence-corrected chi connectivity index (χ0v) is 20.4. The molecule has 4 rings (SSSR count). The Kier molecular flexibility index (Phi) is 8.00. The van der Waals surface area contributed by atoms with E-state index in [1.54, 1.807) is 37.3 Å². The number of carbonyl (C=O) groups is 3. The summed E-state index contributed by atoms with van der Waals surface area (Å²) >= 11 is 6.06. The highest BCUT2D eigenvalue weighted by molar-refractivity contribution is 6.33. The second-order valence-corrected chi connectivity index (χ2v) is 9.23. The van der Waals surface area contributed by atoms with Crippen LogP contribution < -0.4 is 15.4 Å². The first-order valence-electron chi connectivity index (χ1n) is 11.7. The summed E-state index contributed by atoms with van der Waals surface area (Å²) in [7, 11) is 0. The third kappa shape index (κ3) is 6.09.